The molecule has 1 aromatic carbocycles. The Morgan fingerprint density at radius 1 is 1.25 bits per heavy atom. The Balaban J connectivity index is 2.14. The highest BCUT2D eigenvalue weighted by Gasteiger charge is 2.18. The predicted molar refractivity (Wildman–Crippen MR) is 80.5 cm³/mol. The summed E-state index contributed by atoms with van der Waals surface area (Å²) < 4.78 is 15.1. The molecular weight excluding hydrogens is 273 g/mol. The van der Waals surface area contributed by atoms with E-state index in [9.17, 15) is 4.39 Å². The molecule has 0 aliphatic carbocycles. The fourth-order valence-corrected chi connectivity index (χ4v) is 3.39. The van der Waals surface area contributed by atoms with Crippen LogP contribution in [0.3, 0.4) is 0 Å². The molecule has 20 heavy (non-hydrogen) atoms. The molecule has 0 fully saturated rings. The molecule has 2 heterocycles. The second-order valence-electron chi connectivity index (χ2n) is 4.83. The Labute approximate surface area is 120 Å². The van der Waals surface area contributed by atoms with Gasteiger partial charge in [0.1, 0.15) is 12.1 Å². The predicted octanol–water partition coefficient (Wildman–Crippen LogP) is 3.87. The van der Waals surface area contributed by atoms with Crippen molar-refractivity contribution in [3.63, 3.8) is 0 Å². The van der Waals surface area contributed by atoms with E-state index in [0.717, 1.165) is 15.9 Å². The molecule has 1 unspecified atom stereocenters. The molecule has 2 N–H and O–H groups in total. The van der Waals surface area contributed by atoms with Crippen molar-refractivity contribution < 1.29 is 4.39 Å². The van der Waals surface area contributed by atoms with Gasteiger partial charge in [-0.1, -0.05) is 13.0 Å². The van der Waals surface area contributed by atoms with Crippen LogP contribution in [0, 0.1) is 12.7 Å². The number of fused-ring (bicyclic) bond motifs is 1. The van der Waals surface area contributed by atoms with E-state index in [2.05, 4.69) is 9.97 Å². The van der Waals surface area contributed by atoms with Crippen molar-refractivity contribution >= 4 is 27.2 Å². The minimum atomic E-state index is -0.294. The number of nitrogens with zero attached hydrogens (tertiary/aromatic N) is 2. The van der Waals surface area contributed by atoms with Gasteiger partial charge in [-0.15, -0.1) is 11.3 Å². The number of hydrogen-bond acceptors (Lipinski definition) is 4. The molecule has 1 atom stereocenters. The second-order valence-corrected chi connectivity index (χ2v) is 6.09. The van der Waals surface area contributed by atoms with Crippen molar-refractivity contribution in [2.75, 3.05) is 5.73 Å². The van der Waals surface area contributed by atoms with Gasteiger partial charge in [-0.05, 0) is 30.7 Å². The largest absolute Gasteiger partial charge is 0.399 e. The molecule has 102 valence electrons. The van der Waals surface area contributed by atoms with E-state index in [0.29, 0.717) is 11.3 Å². The summed E-state index contributed by atoms with van der Waals surface area (Å²) in [5, 5.41) is 0. The van der Waals surface area contributed by atoms with Crippen molar-refractivity contribution in [3.8, 4) is 0 Å². The topological polar surface area (TPSA) is 51.8 Å². The summed E-state index contributed by atoms with van der Waals surface area (Å²) in [7, 11) is 0. The smallest absolute Gasteiger partial charge is 0.129 e. The van der Waals surface area contributed by atoms with E-state index < -0.39 is 0 Å². The van der Waals surface area contributed by atoms with Crippen LogP contribution in [0.4, 0.5) is 10.1 Å². The molecule has 3 nitrogen and oxygen atoms in total. The van der Waals surface area contributed by atoms with Crippen LogP contribution in [0.15, 0.2) is 30.6 Å². The molecule has 0 saturated heterocycles. The quantitative estimate of drug-likeness (QED) is 0.728. The highest BCUT2D eigenvalue weighted by molar-refractivity contribution is 7.19. The number of aryl methyl sites for hydroxylation is 1. The molecular formula is C15H14FN3S. The molecule has 5 heteroatoms. The first-order valence-electron chi connectivity index (χ1n) is 6.32. The van der Waals surface area contributed by atoms with Crippen LogP contribution in [0.2, 0.25) is 0 Å². The Morgan fingerprint density at radius 2 is 2.05 bits per heavy atom. The van der Waals surface area contributed by atoms with E-state index in [1.165, 1.54) is 17.3 Å². The SMILES string of the molecule is Cc1cc2ncnc(C(C)c3ccc(N)cc3F)c2s1. The highest BCUT2D eigenvalue weighted by Crippen LogP contribution is 2.33. The van der Waals surface area contributed by atoms with Crippen LogP contribution in [-0.2, 0) is 0 Å². The normalized spacial score (nSPS) is 12.8. The van der Waals surface area contributed by atoms with Crippen LogP contribution in [-0.4, -0.2) is 9.97 Å². The lowest BCUT2D eigenvalue weighted by Crippen LogP contribution is -2.03. The monoisotopic (exact) mass is 287 g/mol. The van der Waals surface area contributed by atoms with E-state index in [-0.39, 0.29) is 11.7 Å². The Hall–Kier alpha value is -2.01. The maximum Gasteiger partial charge on any atom is 0.129 e. The maximum absolute atomic E-state index is 14.1. The van der Waals surface area contributed by atoms with Gasteiger partial charge in [-0.25, -0.2) is 14.4 Å². The van der Waals surface area contributed by atoms with Crippen molar-refractivity contribution in [3.05, 3.63) is 52.5 Å². The van der Waals surface area contributed by atoms with Gasteiger partial charge in [-0.2, -0.15) is 0 Å². The maximum atomic E-state index is 14.1. The number of thiophene rings is 1. The number of anilines is 1. The molecule has 0 saturated carbocycles. The lowest BCUT2D eigenvalue weighted by molar-refractivity contribution is 0.602. The summed E-state index contributed by atoms with van der Waals surface area (Å²) in [4.78, 5) is 9.80. The third-order valence-electron chi connectivity index (χ3n) is 3.36. The average molecular weight is 287 g/mol. The Morgan fingerprint density at radius 3 is 2.80 bits per heavy atom. The average Bonchev–Trinajstić information content (AvgIpc) is 2.77. The summed E-state index contributed by atoms with van der Waals surface area (Å²) in [5.41, 5.74) is 8.40. The van der Waals surface area contributed by atoms with E-state index in [1.54, 1.807) is 23.5 Å². The number of benzene rings is 1. The van der Waals surface area contributed by atoms with Gasteiger partial charge in [0.05, 0.1) is 15.9 Å². The van der Waals surface area contributed by atoms with Gasteiger partial charge in [0.15, 0.2) is 0 Å². The molecule has 0 aliphatic heterocycles. The zero-order valence-electron chi connectivity index (χ0n) is 11.2. The van der Waals surface area contributed by atoms with Gasteiger partial charge in [-0.3, -0.25) is 0 Å². The number of rotatable bonds is 2. The van der Waals surface area contributed by atoms with E-state index >= 15 is 0 Å². The van der Waals surface area contributed by atoms with Crippen LogP contribution in [0.5, 0.6) is 0 Å². The van der Waals surface area contributed by atoms with Gasteiger partial charge in [0, 0.05) is 16.5 Å². The third kappa shape index (κ3) is 2.14. The lowest BCUT2D eigenvalue weighted by atomic mass is 9.96. The van der Waals surface area contributed by atoms with Gasteiger partial charge in [0.25, 0.3) is 0 Å². The third-order valence-corrected chi connectivity index (χ3v) is 4.43. The minimum absolute atomic E-state index is 0.140. The van der Waals surface area contributed by atoms with Gasteiger partial charge in [0.2, 0.25) is 0 Å². The molecule has 0 radical (unpaired) electrons. The molecule has 0 amide bonds. The standard InChI is InChI=1S/C15H14FN3S/c1-8-5-13-15(20-8)14(19-7-18-13)9(2)11-4-3-10(17)6-12(11)16/h3-7,9H,17H2,1-2H3. The highest BCUT2D eigenvalue weighted by atomic mass is 32.1. The first-order chi connectivity index (χ1) is 9.56. The fraction of sp³-hybridized carbons (Fsp3) is 0.200. The molecule has 0 aliphatic rings. The number of aromatic nitrogens is 2. The number of hydrogen-bond donors (Lipinski definition) is 1. The first kappa shape index (κ1) is 13.0. The second kappa shape index (κ2) is 4.83. The molecule has 3 aromatic rings. The molecule has 2 aromatic heterocycles. The Kier molecular flexibility index (Phi) is 3.14. The lowest BCUT2D eigenvalue weighted by Gasteiger charge is -2.13. The van der Waals surface area contributed by atoms with Crippen molar-refractivity contribution in [1.29, 1.82) is 0 Å². The molecule has 3 rings (SSSR count). The number of halogens is 1. The van der Waals surface area contributed by atoms with Gasteiger partial charge < -0.3 is 5.73 Å². The minimum Gasteiger partial charge on any atom is -0.399 e. The molecule has 0 bridgehead atoms. The fourth-order valence-electron chi connectivity index (χ4n) is 2.34. The summed E-state index contributed by atoms with van der Waals surface area (Å²) in [6, 6.07) is 6.82. The van der Waals surface area contributed by atoms with Crippen LogP contribution in [0.1, 0.15) is 29.0 Å². The van der Waals surface area contributed by atoms with Crippen LogP contribution < -0.4 is 5.73 Å². The van der Waals surface area contributed by atoms with E-state index in [1.807, 2.05) is 19.9 Å². The summed E-state index contributed by atoms with van der Waals surface area (Å²) >= 11 is 1.64. The summed E-state index contributed by atoms with van der Waals surface area (Å²) in [6.07, 6.45) is 1.54. The Bertz CT molecular complexity index is 782. The van der Waals surface area contributed by atoms with Crippen LogP contribution in [0.25, 0.3) is 10.2 Å². The summed E-state index contributed by atoms with van der Waals surface area (Å²) in [6.45, 7) is 3.98. The number of nitrogen functional groups attached to an aromatic ring is 1. The zero-order chi connectivity index (χ0) is 14.3. The van der Waals surface area contributed by atoms with Crippen molar-refractivity contribution in [2.24, 2.45) is 0 Å². The van der Waals surface area contributed by atoms with Gasteiger partial charge >= 0.3 is 0 Å². The first-order valence-corrected chi connectivity index (χ1v) is 7.14. The zero-order valence-corrected chi connectivity index (χ0v) is 12.0. The van der Waals surface area contributed by atoms with Crippen LogP contribution >= 0.6 is 11.3 Å². The number of nitrogens with two attached hydrogens (primary N) is 1. The molecule has 0 spiro atoms. The van der Waals surface area contributed by atoms with Crippen molar-refractivity contribution in [2.45, 2.75) is 19.8 Å². The van der Waals surface area contributed by atoms with Crippen molar-refractivity contribution in [1.82, 2.24) is 9.97 Å². The van der Waals surface area contributed by atoms with E-state index in [4.69, 9.17) is 5.73 Å². The summed E-state index contributed by atoms with van der Waals surface area (Å²) in [5.74, 6) is -0.434.